The van der Waals surface area contributed by atoms with Crippen molar-refractivity contribution in [2.45, 2.75) is 32.9 Å². The maximum atomic E-state index is 11.5. The Labute approximate surface area is 117 Å². The van der Waals surface area contributed by atoms with Gasteiger partial charge in [0, 0.05) is 12.1 Å². The summed E-state index contributed by atoms with van der Waals surface area (Å²) in [5, 5.41) is 11.5. The molecule has 1 amide bonds. The summed E-state index contributed by atoms with van der Waals surface area (Å²) in [5.74, 6) is -0.629. The molecule has 20 heavy (non-hydrogen) atoms. The van der Waals surface area contributed by atoms with Crippen LogP contribution in [0.25, 0.3) is 0 Å². The Morgan fingerprint density at radius 2 is 1.95 bits per heavy atom. The third kappa shape index (κ3) is 4.79. The molecule has 1 rings (SSSR count). The van der Waals surface area contributed by atoms with Crippen LogP contribution < -0.4 is 10.1 Å². The van der Waals surface area contributed by atoms with Gasteiger partial charge in [-0.2, -0.15) is 0 Å². The van der Waals surface area contributed by atoms with E-state index in [-0.39, 0.29) is 12.1 Å². The molecule has 2 N–H and O–H groups in total. The highest BCUT2D eigenvalue weighted by Gasteiger charge is 2.16. The molecule has 1 aromatic rings. The van der Waals surface area contributed by atoms with Crippen molar-refractivity contribution in [3.63, 3.8) is 0 Å². The van der Waals surface area contributed by atoms with E-state index in [1.165, 1.54) is 19.2 Å². The molecule has 0 heterocycles. The first-order chi connectivity index (χ1) is 9.23. The number of ether oxygens (including phenoxy) is 2. The molecule has 0 aliphatic rings. The van der Waals surface area contributed by atoms with Gasteiger partial charge < -0.3 is 19.9 Å². The van der Waals surface area contributed by atoms with E-state index in [1.54, 1.807) is 26.8 Å². The lowest BCUT2D eigenvalue weighted by molar-refractivity contribution is 0.0522. The predicted octanol–water partition coefficient (Wildman–Crippen LogP) is 2.42. The summed E-state index contributed by atoms with van der Waals surface area (Å²) in [5.41, 5.74) is 0.229. The van der Waals surface area contributed by atoms with Crippen molar-refractivity contribution in [3.8, 4) is 5.75 Å². The molecular weight excluding hydrogens is 262 g/mol. The number of rotatable bonds is 4. The molecular formula is C14H19NO5. The molecule has 6 nitrogen and oxygen atoms in total. The van der Waals surface area contributed by atoms with Gasteiger partial charge in [0.15, 0.2) is 0 Å². The number of amides is 1. The Morgan fingerprint density at radius 1 is 1.30 bits per heavy atom. The van der Waals surface area contributed by atoms with Crippen molar-refractivity contribution < 1.29 is 24.2 Å². The molecule has 0 unspecified atom stereocenters. The number of methoxy groups -OCH3 is 1. The first kappa shape index (κ1) is 15.8. The first-order valence-corrected chi connectivity index (χ1v) is 6.10. The van der Waals surface area contributed by atoms with Gasteiger partial charge in [-0.3, -0.25) is 0 Å². The van der Waals surface area contributed by atoms with Gasteiger partial charge >= 0.3 is 12.1 Å². The van der Waals surface area contributed by atoms with E-state index in [9.17, 15) is 9.59 Å². The minimum Gasteiger partial charge on any atom is -0.496 e. The van der Waals surface area contributed by atoms with Crippen LogP contribution in [0.3, 0.4) is 0 Å². The Morgan fingerprint density at radius 3 is 2.45 bits per heavy atom. The molecule has 0 saturated carbocycles. The molecule has 1 aromatic carbocycles. The van der Waals surface area contributed by atoms with E-state index >= 15 is 0 Å². The normalized spacial score (nSPS) is 10.8. The molecule has 0 spiro atoms. The van der Waals surface area contributed by atoms with Crippen molar-refractivity contribution in [3.05, 3.63) is 29.3 Å². The van der Waals surface area contributed by atoms with Gasteiger partial charge in [-0.05, 0) is 32.9 Å². The first-order valence-electron chi connectivity index (χ1n) is 6.10. The third-order valence-corrected chi connectivity index (χ3v) is 2.36. The van der Waals surface area contributed by atoms with Crippen LogP contribution in [0.4, 0.5) is 4.79 Å². The number of hydrogen-bond acceptors (Lipinski definition) is 4. The Bertz CT molecular complexity index is 505. The quantitative estimate of drug-likeness (QED) is 0.885. The van der Waals surface area contributed by atoms with E-state index < -0.39 is 17.7 Å². The maximum Gasteiger partial charge on any atom is 0.407 e. The molecule has 0 atom stereocenters. The maximum absolute atomic E-state index is 11.5. The van der Waals surface area contributed by atoms with Crippen LogP contribution >= 0.6 is 0 Å². The van der Waals surface area contributed by atoms with Crippen LogP contribution in [0.5, 0.6) is 5.75 Å². The average Bonchev–Trinajstić information content (AvgIpc) is 2.33. The van der Waals surface area contributed by atoms with Crippen LogP contribution in [-0.4, -0.2) is 29.9 Å². The highest BCUT2D eigenvalue weighted by atomic mass is 16.6. The number of carboxylic acid groups (broad SMARTS) is 1. The summed E-state index contributed by atoms with van der Waals surface area (Å²) in [6.07, 6.45) is -0.540. The van der Waals surface area contributed by atoms with E-state index in [2.05, 4.69) is 5.32 Å². The lowest BCUT2D eigenvalue weighted by Crippen LogP contribution is -2.32. The molecule has 0 fully saturated rings. The summed E-state index contributed by atoms with van der Waals surface area (Å²) in [4.78, 5) is 22.4. The van der Waals surface area contributed by atoms with Crippen molar-refractivity contribution in [1.29, 1.82) is 0 Å². The second-order valence-corrected chi connectivity index (χ2v) is 5.19. The van der Waals surface area contributed by atoms with E-state index in [0.717, 1.165) is 0 Å². The van der Waals surface area contributed by atoms with Crippen LogP contribution in [-0.2, 0) is 11.3 Å². The zero-order valence-corrected chi connectivity index (χ0v) is 12.0. The van der Waals surface area contributed by atoms with Gasteiger partial charge in [0.1, 0.15) is 11.4 Å². The second-order valence-electron chi connectivity index (χ2n) is 5.19. The highest BCUT2D eigenvalue weighted by Crippen LogP contribution is 2.20. The number of carbonyl (C=O) groups is 2. The van der Waals surface area contributed by atoms with Crippen LogP contribution in [0.2, 0.25) is 0 Å². The van der Waals surface area contributed by atoms with Crippen molar-refractivity contribution in [2.24, 2.45) is 0 Å². The summed E-state index contributed by atoms with van der Waals surface area (Å²) in [6.45, 7) is 5.51. The third-order valence-electron chi connectivity index (χ3n) is 2.36. The number of aromatic carboxylic acids is 1. The zero-order chi connectivity index (χ0) is 15.3. The molecule has 0 aliphatic heterocycles. The van der Waals surface area contributed by atoms with Crippen molar-refractivity contribution >= 4 is 12.1 Å². The molecule has 0 radical (unpaired) electrons. The lowest BCUT2D eigenvalue weighted by Gasteiger charge is -2.20. The summed E-state index contributed by atoms with van der Waals surface area (Å²) < 4.78 is 10.2. The summed E-state index contributed by atoms with van der Waals surface area (Å²) in [7, 11) is 1.44. The van der Waals surface area contributed by atoms with E-state index in [0.29, 0.717) is 11.3 Å². The monoisotopic (exact) mass is 281 g/mol. The van der Waals surface area contributed by atoms with Gasteiger partial charge in [-0.1, -0.05) is 6.07 Å². The Balaban J connectivity index is 2.73. The van der Waals surface area contributed by atoms with Gasteiger partial charge in [-0.25, -0.2) is 9.59 Å². The van der Waals surface area contributed by atoms with Gasteiger partial charge in [0.25, 0.3) is 0 Å². The second kappa shape index (κ2) is 6.27. The van der Waals surface area contributed by atoms with Gasteiger partial charge in [-0.15, -0.1) is 0 Å². The average molecular weight is 281 g/mol. The van der Waals surface area contributed by atoms with Crippen molar-refractivity contribution in [1.82, 2.24) is 5.32 Å². The SMILES string of the molecule is COc1cc(C(=O)O)ccc1CNC(=O)OC(C)(C)C. The van der Waals surface area contributed by atoms with Gasteiger partial charge in [0.2, 0.25) is 0 Å². The van der Waals surface area contributed by atoms with Crippen LogP contribution in [0.1, 0.15) is 36.7 Å². The molecule has 0 saturated heterocycles. The van der Waals surface area contributed by atoms with Crippen LogP contribution in [0.15, 0.2) is 18.2 Å². The number of nitrogens with one attached hydrogen (secondary N) is 1. The number of carbonyl (C=O) groups excluding carboxylic acids is 1. The summed E-state index contributed by atoms with van der Waals surface area (Å²) >= 11 is 0. The van der Waals surface area contributed by atoms with Crippen molar-refractivity contribution in [2.75, 3.05) is 7.11 Å². The number of hydrogen-bond donors (Lipinski definition) is 2. The fourth-order valence-corrected chi connectivity index (χ4v) is 1.51. The number of alkyl carbamates (subject to hydrolysis) is 1. The van der Waals surface area contributed by atoms with E-state index in [1.807, 2.05) is 0 Å². The fraction of sp³-hybridized carbons (Fsp3) is 0.429. The number of benzene rings is 1. The largest absolute Gasteiger partial charge is 0.496 e. The topological polar surface area (TPSA) is 84.9 Å². The Hall–Kier alpha value is -2.24. The zero-order valence-electron chi connectivity index (χ0n) is 12.0. The standard InChI is InChI=1S/C14H19NO5/c1-14(2,3)20-13(18)15-8-10-6-5-9(12(16)17)7-11(10)19-4/h5-7H,8H2,1-4H3,(H,15,18)(H,16,17). The Kier molecular flexibility index (Phi) is 4.96. The minimum absolute atomic E-state index is 0.128. The van der Waals surface area contributed by atoms with Crippen LogP contribution in [0, 0.1) is 0 Å². The van der Waals surface area contributed by atoms with Gasteiger partial charge in [0.05, 0.1) is 12.7 Å². The number of carboxylic acids is 1. The summed E-state index contributed by atoms with van der Waals surface area (Å²) in [6, 6.07) is 4.46. The minimum atomic E-state index is -1.03. The highest BCUT2D eigenvalue weighted by molar-refractivity contribution is 5.88. The molecule has 0 bridgehead atoms. The van der Waals surface area contributed by atoms with E-state index in [4.69, 9.17) is 14.6 Å². The predicted molar refractivity (Wildman–Crippen MR) is 73.0 cm³/mol. The molecule has 110 valence electrons. The lowest BCUT2D eigenvalue weighted by atomic mass is 10.1. The fourth-order valence-electron chi connectivity index (χ4n) is 1.51. The molecule has 6 heteroatoms. The molecule has 0 aliphatic carbocycles. The molecule has 0 aromatic heterocycles. The smallest absolute Gasteiger partial charge is 0.407 e.